The van der Waals surface area contributed by atoms with Gasteiger partial charge in [0.25, 0.3) is 5.91 Å². The van der Waals surface area contributed by atoms with Crippen LogP contribution in [0.1, 0.15) is 35.7 Å². The van der Waals surface area contributed by atoms with Crippen molar-refractivity contribution in [2.24, 2.45) is 11.8 Å². The van der Waals surface area contributed by atoms with Gasteiger partial charge in [-0.05, 0) is 56.5 Å². The van der Waals surface area contributed by atoms with Crippen LogP contribution in [0.5, 0.6) is 0 Å². The molecule has 1 saturated carbocycles. The predicted octanol–water partition coefficient (Wildman–Crippen LogP) is 2.10. The van der Waals surface area contributed by atoms with Gasteiger partial charge in [0.2, 0.25) is 5.91 Å². The molecule has 0 radical (unpaired) electrons. The van der Waals surface area contributed by atoms with Gasteiger partial charge >= 0.3 is 0 Å². The molecule has 2 amide bonds. The smallest absolute Gasteiger partial charge is 0.251 e. The Morgan fingerprint density at radius 2 is 1.96 bits per heavy atom. The van der Waals surface area contributed by atoms with E-state index < -0.39 is 0 Å². The van der Waals surface area contributed by atoms with Crippen LogP contribution in [0, 0.1) is 18.8 Å². The normalized spacial score (nSPS) is 18.3. The Balaban J connectivity index is 0.00000192. The Morgan fingerprint density at radius 1 is 1.26 bits per heavy atom. The summed E-state index contributed by atoms with van der Waals surface area (Å²) in [7, 11) is 0. The molecule has 1 saturated heterocycles. The topological polar surface area (TPSA) is 70.2 Å². The SMILES string of the molecule is Cc1ccc(C(=O)NC2CC2)cc1NC(=O)C(C)C1CNC1.Cl. The maximum Gasteiger partial charge on any atom is 0.251 e. The summed E-state index contributed by atoms with van der Waals surface area (Å²) < 4.78 is 0. The highest BCUT2D eigenvalue weighted by Gasteiger charge is 2.29. The fourth-order valence-corrected chi connectivity index (χ4v) is 2.52. The second kappa shape index (κ2) is 7.32. The number of carbonyl (C=O) groups is 2. The van der Waals surface area contributed by atoms with Gasteiger partial charge in [0, 0.05) is 23.2 Å². The molecule has 1 heterocycles. The van der Waals surface area contributed by atoms with Crippen LogP contribution in [-0.4, -0.2) is 30.9 Å². The van der Waals surface area contributed by atoms with Gasteiger partial charge < -0.3 is 16.0 Å². The van der Waals surface area contributed by atoms with Crippen molar-refractivity contribution in [2.75, 3.05) is 18.4 Å². The first-order valence-corrected chi connectivity index (χ1v) is 7.97. The number of anilines is 1. The van der Waals surface area contributed by atoms with Crippen molar-refractivity contribution in [3.8, 4) is 0 Å². The van der Waals surface area contributed by atoms with E-state index in [0.717, 1.165) is 37.2 Å². The van der Waals surface area contributed by atoms with Gasteiger partial charge in [0.15, 0.2) is 0 Å². The van der Waals surface area contributed by atoms with Crippen LogP contribution in [0.15, 0.2) is 18.2 Å². The second-order valence-electron chi connectivity index (χ2n) is 6.47. The first kappa shape index (κ1) is 17.8. The molecule has 2 aliphatic rings. The van der Waals surface area contributed by atoms with E-state index in [0.29, 0.717) is 17.5 Å². The number of hydrogen-bond donors (Lipinski definition) is 3. The summed E-state index contributed by atoms with van der Waals surface area (Å²) in [5.74, 6) is 0.342. The van der Waals surface area contributed by atoms with Crippen LogP contribution in [0.4, 0.5) is 5.69 Å². The third kappa shape index (κ3) is 4.24. The third-order valence-corrected chi connectivity index (χ3v) is 4.60. The monoisotopic (exact) mass is 337 g/mol. The van der Waals surface area contributed by atoms with Crippen molar-refractivity contribution >= 4 is 29.9 Å². The van der Waals surface area contributed by atoms with Crippen LogP contribution in [0.25, 0.3) is 0 Å². The lowest BCUT2D eigenvalue weighted by molar-refractivity contribution is -0.121. The number of hydrogen-bond acceptors (Lipinski definition) is 3. The molecule has 0 spiro atoms. The lowest BCUT2D eigenvalue weighted by Crippen LogP contribution is -2.48. The molecule has 0 bridgehead atoms. The van der Waals surface area contributed by atoms with E-state index in [4.69, 9.17) is 0 Å². The van der Waals surface area contributed by atoms with E-state index in [-0.39, 0.29) is 30.1 Å². The Hall–Kier alpha value is -1.59. The molecule has 3 rings (SSSR count). The van der Waals surface area contributed by atoms with E-state index in [2.05, 4.69) is 16.0 Å². The van der Waals surface area contributed by atoms with Crippen LogP contribution < -0.4 is 16.0 Å². The Bertz CT molecular complexity index is 598. The van der Waals surface area contributed by atoms with Crippen LogP contribution in [-0.2, 0) is 4.79 Å². The fourth-order valence-electron chi connectivity index (χ4n) is 2.52. The number of nitrogens with one attached hydrogen (secondary N) is 3. The minimum atomic E-state index is -0.0609. The number of rotatable bonds is 5. The van der Waals surface area contributed by atoms with Crippen molar-refractivity contribution in [3.63, 3.8) is 0 Å². The number of aryl methyl sites for hydroxylation is 1. The molecular formula is C17H24ClN3O2. The largest absolute Gasteiger partial charge is 0.349 e. The summed E-state index contributed by atoms with van der Waals surface area (Å²) in [6.45, 7) is 5.70. The van der Waals surface area contributed by atoms with Gasteiger partial charge in [-0.3, -0.25) is 9.59 Å². The molecule has 23 heavy (non-hydrogen) atoms. The lowest BCUT2D eigenvalue weighted by Gasteiger charge is -2.31. The molecule has 6 heteroatoms. The minimum absolute atomic E-state index is 0. The van der Waals surface area contributed by atoms with Gasteiger partial charge in [0.1, 0.15) is 0 Å². The van der Waals surface area contributed by atoms with Crippen LogP contribution in [0.3, 0.4) is 0 Å². The fraction of sp³-hybridized carbons (Fsp3) is 0.529. The first-order chi connectivity index (χ1) is 10.5. The molecular weight excluding hydrogens is 314 g/mol. The van der Waals surface area contributed by atoms with Crippen molar-refractivity contribution in [1.82, 2.24) is 10.6 Å². The molecule has 1 aromatic rings. The van der Waals surface area contributed by atoms with Gasteiger partial charge in [-0.25, -0.2) is 0 Å². The molecule has 2 fully saturated rings. The second-order valence-corrected chi connectivity index (χ2v) is 6.47. The molecule has 1 aliphatic heterocycles. The summed E-state index contributed by atoms with van der Waals surface area (Å²) in [6, 6.07) is 5.80. The van der Waals surface area contributed by atoms with Gasteiger partial charge in [-0.1, -0.05) is 13.0 Å². The van der Waals surface area contributed by atoms with E-state index in [1.54, 1.807) is 6.07 Å². The number of amides is 2. The zero-order valence-corrected chi connectivity index (χ0v) is 14.3. The number of halogens is 1. The van der Waals surface area contributed by atoms with E-state index >= 15 is 0 Å². The Kier molecular flexibility index (Phi) is 5.65. The summed E-state index contributed by atoms with van der Waals surface area (Å²) >= 11 is 0. The predicted molar refractivity (Wildman–Crippen MR) is 93.1 cm³/mol. The van der Waals surface area contributed by atoms with Gasteiger partial charge in [0.05, 0.1) is 0 Å². The molecule has 1 atom stereocenters. The highest BCUT2D eigenvalue weighted by atomic mass is 35.5. The van der Waals surface area contributed by atoms with Crippen LogP contribution >= 0.6 is 12.4 Å². The molecule has 126 valence electrons. The quantitative estimate of drug-likeness (QED) is 0.770. The van der Waals surface area contributed by atoms with Crippen LogP contribution in [0.2, 0.25) is 0 Å². The first-order valence-electron chi connectivity index (χ1n) is 7.97. The highest BCUT2D eigenvalue weighted by Crippen LogP contribution is 2.23. The molecule has 5 nitrogen and oxygen atoms in total. The van der Waals surface area contributed by atoms with Crippen molar-refractivity contribution in [3.05, 3.63) is 29.3 Å². The zero-order chi connectivity index (χ0) is 15.7. The van der Waals surface area contributed by atoms with E-state index in [9.17, 15) is 9.59 Å². The Labute approximate surface area is 143 Å². The Morgan fingerprint density at radius 3 is 2.52 bits per heavy atom. The van der Waals surface area contributed by atoms with Gasteiger partial charge in [-0.2, -0.15) is 0 Å². The average Bonchev–Trinajstić information content (AvgIpc) is 3.23. The lowest BCUT2D eigenvalue weighted by atomic mass is 9.88. The molecule has 1 unspecified atom stereocenters. The van der Waals surface area contributed by atoms with E-state index in [1.807, 2.05) is 26.0 Å². The molecule has 1 aromatic carbocycles. The number of benzene rings is 1. The van der Waals surface area contributed by atoms with Crippen molar-refractivity contribution in [1.29, 1.82) is 0 Å². The summed E-state index contributed by atoms with van der Waals surface area (Å²) in [5, 5.41) is 9.13. The highest BCUT2D eigenvalue weighted by molar-refractivity contribution is 5.98. The van der Waals surface area contributed by atoms with Gasteiger partial charge in [-0.15, -0.1) is 12.4 Å². The minimum Gasteiger partial charge on any atom is -0.349 e. The average molecular weight is 338 g/mol. The third-order valence-electron chi connectivity index (χ3n) is 4.60. The molecule has 0 aromatic heterocycles. The maximum absolute atomic E-state index is 12.3. The maximum atomic E-state index is 12.3. The van der Waals surface area contributed by atoms with E-state index in [1.165, 1.54) is 0 Å². The summed E-state index contributed by atoms with van der Waals surface area (Å²) in [5.41, 5.74) is 2.30. The molecule has 3 N–H and O–H groups in total. The standard InChI is InChI=1S/C17H23N3O2.ClH/c1-10-3-4-12(17(22)19-14-5-6-14)7-15(10)20-16(21)11(2)13-8-18-9-13;/h3-4,7,11,13-14,18H,5-6,8-9H2,1-2H3,(H,19,22)(H,20,21);1H. The summed E-state index contributed by atoms with van der Waals surface area (Å²) in [6.07, 6.45) is 2.13. The van der Waals surface area contributed by atoms with Crippen molar-refractivity contribution < 1.29 is 9.59 Å². The summed E-state index contributed by atoms with van der Waals surface area (Å²) in [4.78, 5) is 24.4. The number of carbonyl (C=O) groups excluding carboxylic acids is 2. The zero-order valence-electron chi connectivity index (χ0n) is 13.5. The van der Waals surface area contributed by atoms with Crippen molar-refractivity contribution in [2.45, 2.75) is 32.7 Å². The molecule has 1 aliphatic carbocycles.